The van der Waals surface area contributed by atoms with E-state index < -0.39 is 0 Å². The predicted molar refractivity (Wildman–Crippen MR) is 190 cm³/mol. The van der Waals surface area contributed by atoms with Gasteiger partial charge >= 0.3 is 0 Å². The number of nitrogens with one attached hydrogen (secondary N) is 2. The van der Waals surface area contributed by atoms with Crippen LogP contribution in [0.1, 0.15) is 34.3 Å². The van der Waals surface area contributed by atoms with Crippen LogP contribution in [0, 0.1) is 0 Å². The van der Waals surface area contributed by atoms with Crippen molar-refractivity contribution in [2.24, 2.45) is 9.98 Å². The molecule has 0 saturated heterocycles. The molecule has 2 N–H and O–H groups in total. The van der Waals surface area contributed by atoms with Crippen LogP contribution < -0.4 is 10.6 Å². The minimum atomic E-state index is 0.00584. The number of para-hydroxylation sites is 1. The van der Waals surface area contributed by atoms with Gasteiger partial charge < -0.3 is 10.6 Å². The summed E-state index contributed by atoms with van der Waals surface area (Å²) in [5.74, 6) is 0.898. The van der Waals surface area contributed by atoms with E-state index in [0.717, 1.165) is 28.6 Å². The number of allylic oxidation sites excluding steroid dienone is 2. The zero-order valence-electron chi connectivity index (χ0n) is 24.7. The standard InChI is InChI=1S/C40H27N5S/c1-2-11-22(12-3-1)34-39-37(24-14-5-9-20-32(24)46-39)44-40(43-34)45-31-19-8-4-13-23(31)27-21-28-33-25(15-10-16-26(33)38(27)45)35-36(28)42-30-18-7-6-17-29(30)41-35/h1-21,29,34,37,39,41H,(H,43,44). The summed E-state index contributed by atoms with van der Waals surface area (Å²) in [6.07, 6.45) is 8.48. The first-order valence-electron chi connectivity index (χ1n) is 15.9. The van der Waals surface area contributed by atoms with Gasteiger partial charge in [0.05, 0.1) is 51.5 Å². The summed E-state index contributed by atoms with van der Waals surface area (Å²) in [6, 6.07) is 37.7. The molecule has 11 rings (SSSR count). The molecule has 5 aromatic carbocycles. The van der Waals surface area contributed by atoms with E-state index in [2.05, 4.69) is 143 Å². The van der Waals surface area contributed by atoms with E-state index in [9.17, 15) is 0 Å². The van der Waals surface area contributed by atoms with Crippen molar-refractivity contribution in [3.8, 4) is 0 Å². The quantitative estimate of drug-likeness (QED) is 0.197. The third-order valence-electron chi connectivity index (χ3n) is 10.1. The Balaban J connectivity index is 1.19. The Morgan fingerprint density at radius 3 is 2.54 bits per heavy atom. The van der Waals surface area contributed by atoms with Crippen molar-refractivity contribution in [2.45, 2.75) is 28.3 Å². The molecule has 5 aliphatic rings. The van der Waals surface area contributed by atoms with Crippen LogP contribution >= 0.6 is 11.8 Å². The molecule has 0 radical (unpaired) electrons. The van der Waals surface area contributed by atoms with Crippen molar-refractivity contribution in [3.63, 3.8) is 0 Å². The summed E-state index contributed by atoms with van der Waals surface area (Å²) < 4.78 is 2.40. The van der Waals surface area contributed by atoms with Crippen molar-refractivity contribution in [2.75, 3.05) is 0 Å². The Hall–Kier alpha value is -5.33. The fourth-order valence-corrected chi connectivity index (χ4v) is 9.66. The summed E-state index contributed by atoms with van der Waals surface area (Å²) in [5.41, 5.74) is 10.6. The van der Waals surface area contributed by atoms with Gasteiger partial charge in [-0.05, 0) is 35.4 Å². The number of nitrogens with zero attached hydrogens (tertiary/aromatic N) is 3. The fourth-order valence-electron chi connectivity index (χ4n) is 8.18. The van der Waals surface area contributed by atoms with E-state index in [1.165, 1.54) is 54.2 Å². The van der Waals surface area contributed by atoms with Gasteiger partial charge in [0.1, 0.15) is 0 Å². The molecule has 6 heteroatoms. The topological polar surface area (TPSA) is 53.7 Å². The van der Waals surface area contributed by atoms with Gasteiger partial charge in [0.2, 0.25) is 5.96 Å². The van der Waals surface area contributed by atoms with Crippen LogP contribution in [0.3, 0.4) is 0 Å². The number of hydrogen-bond acceptors (Lipinski definition) is 5. The highest BCUT2D eigenvalue weighted by molar-refractivity contribution is 8.00. The van der Waals surface area contributed by atoms with Gasteiger partial charge in [-0.15, -0.1) is 11.8 Å². The second kappa shape index (κ2) is 9.12. The fraction of sp³-hybridized carbons (Fsp3) is 0.100. The lowest BCUT2D eigenvalue weighted by Gasteiger charge is -2.34. The van der Waals surface area contributed by atoms with Crippen molar-refractivity contribution >= 4 is 67.4 Å². The highest BCUT2D eigenvalue weighted by Gasteiger charge is 2.43. The third-order valence-corrected chi connectivity index (χ3v) is 11.6. The highest BCUT2D eigenvalue weighted by Crippen LogP contribution is 2.53. The van der Waals surface area contributed by atoms with Crippen LogP contribution in [0.2, 0.25) is 0 Å². The first-order valence-corrected chi connectivity index (χ1v) is 16.8. The molecular formula is C40H27N5S. The lowest BCUT2D eigenvalue weighted by molar-refractivity contribution is 0.505. The normalized spacial score (nSPS) is 23.5. The van der Waals surface area contributed by atoms with Crippen LogP contribution in [0.5, 0.6) is 0 Å². The molecule has 0 saturated carbocycles. The van der Waals surface area contributed by atoms with Crippen molar-refractivity contribution < 1.29 is 0 Å². The number of benzene rings is 5. The van der Waals surface area contributed by atoms with Gasteiger partial charge in [-0.2, -0.15) is 0 Å². The van der Waals surface area contributed by atoms with Crippen molar-refractivity contribution in [3.05, 3.63) is 150 Å². The monoisotopic (exact) mass is 609 g/mol. The molecule has 6 aromatic rings. The van der Waals surface area contributed by atoms with Gasteiger partial charge in [-0.25, -0.2) is 9.98 Å². The molecule has 0 fully saturated rings. The molecule has 1 aromatic heterocycles. The summed E-state index contributed by atoms with van der Waals surface area (Å²) in [4.78, 5) is 12.2. The van der Waals surface area contributed by atoms with E-state index in [1.54, 1.807) is 0 Å². The van der Waals surface area contributed by atoms with E-state index in [-0.39, 0.29) is 23.4 Å². The average molecular weight is 610 g/mol. The second-order valence-corrected chi connectivity index (χ2v) is 13.8. The van der Waals surface area contributed by atoms with Gasteiger partial charge in [0.25, 0.3) is 0 Å². The lowest BCUT2D eigenvalue weighted by atomic mass is 9.93. The summed E-state index contributed by atoms with van der Waals surface area (Å²) in [7, 11) is 0. The number of hydrogen-bond donors (Lipinski definition) is 2. The molecule has 218 valence electrons. The van der Waals surface area contributed by atoms with E-state index >= 15 is 0 Å². The predicted octanol–water partition coefficient (Wildman–Crippen LogP) is 8.39. The van der Waals surface area contributed by atoms with E-state index in [0.29, 0.717) is 0 Å². The molecule has 2 aliphatic carbocycles. The number of aliphatic imine (C=N–C) groups is 2. The summed E-state index contributed by atoms with van der Waals surface area (Å²) in [6.45, 7) is 0. The highest BCUT2D eigenvalue weighted by atomic mass is 32.2. The van der Waals surface area contributed by atoms with Crippen LogP contribution in [0.25, 0.3) is 44.0 Å². The largest absolute Gasteiger partial charge is 0.371 e. The van der Waals surface area contributed by atoms with Crippen molar-refractivity contribution in [1.82, 2.24) is 15.2 Å². The molecule has 4 unspecified atom stereocenters. The lowest BCUT2D eigenvalue weighted by Crippen LogP contribution is -2.43. The molecule has 46 heavy (non-hydrogen) atoms. The zero-order chi connectivity index (χ0) is 29.9. The molecule has 4 atom stereocenters. The molecule has 4 heterocycles. The number of fused-ring (bicyclic) bond motifs is 10. The zero-order valence-corrected chi connectivity index (χ0v) is 25.5. The molecule has 0 spiro atoms. The number of rotatable bonds is 1. The second-order valence-electron chi connectivity index (χ2n) is 12.6. The van der Waals surface area contributed by atoms with Crippen LogP contribution in [-0.4, -0.2) is 27.5 Å². The Labute approximate surface area is 269 Å². The minimum Gasteiger partial charge on any atom is -0.371 e. The first kappa shape index (κ1) is 24.9. The van der Waals surface area contributed by atoms with E-state index in [4.69, 9.17) is 9.98 Å². The SMILES string of the molecule is C1=CC2=NC3=C(NC2C=C1)c1cccc2c1c3cc1c3ccccc3n(C3=NC(c4ccccc4)C4Sc5ccccc5C4N3)c21. The first-order chi connectivity index (χ1) is 22.8. The van der Waals surface area contributed by atoms with Crippen LogP contribution in [0.4, 0.5) is 0 Å². The molecule has 5 nitrogen and oxygen atoms in total. The molecule has 0 bridgehead atoms. The van der Waals surface area contributed by atoms with Crippen LogP contribution in [0.15, 0.2) is 142 Å². The van der Waals surface area contributed by atoms with Gasteiger partial charge in [0, 0.05) is 37.6 Å². The van der Waals surface area contributed by atoms with Gasteiger partial charge in [-0.1, -0.05) is 103 Å². The third kappa shape index (κ3) is 3.26. The van der Waals surface area contributed by atoms with Gasteiger partial charge in [-0.3, -0.25) is 4.57 Å². The Bertz CT molecular complexity index is 2480. The smallest absolute Gasteiger partial charge is 0.204 e. The maximum absolute atomic E-state index is 5.60. The Kier molecular flexibility index (Phi) is 4.94. The Morgan fingerprint density at radius 1 is 0.739 bits per heavy atom. The van der Waals surface area contributed by atoms with Crippen molar-refractivity contribution in [1.29, 1.82) is 0 Å². The van der Waals surface area contributed by atoms with Crippen LogP contribution in [-0.2, 0) is 0 Å². The number of aromatic nitrogens is 1. The average Bonchev–Trinajstić information content (AvgIpc) is 3.76. The summed E-state index contributed by atoms with van der Waals surface area (Å²) in [5, 5.41) is 13.0. The Morgan fingerprint density at radius 2 is 1.59 bits per heavy atom. The maximum atomic E-state index is 5.60. The van der Waals surface area contributed by atoms with Gasteiger partial charge in [0.15, 0.2) is 0 Å². The van der Waals surface area contributed by atoms with E-state index in [1.807, 2.05) is 11.8 Å². The summed E-state index contributed by atoms with van der Waals surface area (Å²) >= 11 is 1.95. The molecule has 0 amide bonds. The number of thioether (sulfide) groups is 1. The minimum absolute atomic E-state index is 0.00584. The molecular weight excluding hydrogens is 583 g/mol. The maximum Gasteiger partial charge on any atom is 0.204 e. The molecule has 3 aliphatic heterocycles.